The van der Waals surface area contributed by atoms with Crippen LogP contribution in [0.5, 0.6) is 0 Å². The van der Waals surface area contributed by atoms with Gasteiger partial charge in [0.05, 0.1) is 10.5 Å². The van der Waals surface area contributed by atoms with E-state index in [1.165, 1.54) is 6.07 Å². The summed E-state index contributed by atoms with van der Waals surface area (Å²) >= 11 is 0. The van der Waals surface area contributed by atoms with E-state index < -0.39 is 26.5 Å². The minimum Gasteiger partial charge on any atom is -0.224 e. The molecular weight excluding hydrogens is 229 g/mol. The lowest BCUT2D eigenvalue weighted by atomic mass is 10.1. The molecule has 0 heterocycles. The Morgan fingerprint density at radius 2 is 1.80 bits per heavy atom. The third-order valence-electron chi connectivity index (χ3n) is 1.75. The number of sulfone groups is 1. The molecule has 0 aliphatic heterocycles. The van der Waals surface area contributed by atoms with Gasteiger partial charge in [-0.1, -0.05) is 6.07 Å². The SMILES string of the molecule is [CH2]c1ccc(S(C)(=O)=O)c(C(F)(F)F)c1. The van der Waals surface area contributed by atoms with Crippen LogP contribution in [0, 0.1) is 6.92 Å². The third-order valence-corrected chi connectivity index (χ3v) is 2.90. The summed E-state index contributed by atoms with van der Waals surface area (Å²) in [6.45, 7) is 3.32. The van der Waals surface area contributed by atoms with Crippen molar-refractivity contribution in [2.75, 3.05) is 6.26 Å². The lowest BCUT2D eigenvalue weighted by Gasteiger charge is -2.11. The molecule has 0 bridgehead atoms. The molecule has 0 N–H and O–H groups in total. The molecule has 1 aromatic carbocycles. The van der Waals surface area contributed by atoms with E-state index >= 15 is 0 Å². The summed E-state index contributed by atoms with van der Waals surface area (Å²) < 4.78 is 59.6. The lowest BCUT2D eigenvalue weighted by Crippen LogP contribution is -2.12. The summed E-state index contributed by atoms with van der Waals surface area (Å²) in [6, 6.07) is 2.86. The largest absolute Gasteiger partial charge is 0.417 e. The Balaban J connectivity index is 3.55. The fourth-order valence-electron chi connectivity index (χ4n) is 1.12. The zero-order valence-corrected chi connectivity index (χ0v) is 8.61. The summed E-state index contributed by atoms with van der Waals surface area (Å²) in [5.41, 5.74) is -1.05. The normalized spacial score (nSPS) is 12.9. The monoisotopic (exact) mass is 237 g/mol. The lowest BCUT2D eigenvalue weighted by molar-refractivity contribution is -0.139. The van der Waals surface area contributed by atoms with Gasteiger partial charge in [-0.05, 0) is 24.6 Å². The molecule has 2 nitrogen and oxygen atoms in total. The molecule has 15 heavy (non-hydrogen) atoms. The van der Waals surface area contributed by atoms with Crippen molar-refractivity contribution in [1.82, 2.24) is 0 Å². The zero-order valence-electron chi connectivity index (χ0n) is 7.80. The molecule has 0 aliphatic carbocycles. The Hall–Kier alpha value is -1.04. The standard InChI is InChI=1S/C9H8F3O2S/c1-6-3-4-8(15(2,13)14)7(5-6)9(10,11)12/h3-5H,1H2,2H3. The van der Waals surface area contributed by atoms with Crippen LogP contribution < -0.4 is 0 Å². The smallest absolute Gasteiger partial charge is 0.224 e. The molecule has 1 rings (SSSR count). The predicted octanol–water partition coefficient (Wildman–Crippen LogP) is 2.29. The van der Waals surface area contributed by atoms with Gasteiger partial charge in [-0.2, -0.15) is 13.2 Å². The summed E-state index contributed by atoms with van der Waals surface area (Å²) in [4.78, 5) is -0.720. The Labute approximate surface area is 85.6 Å². The van der Waals surface area contributed by atoms with Crippen LogP contribution in [0.25, 0.3) is 0 Å². The van der Waals surface area contributed by atoms with Crippen molar-refractivity contribution in [1.29, 1.82) is 0 Å². The van der Waals surface area contributed by atoms with E-state index in [2.05, 4.69) is 6.92 Å². The molecule has 1 aromatic rings. The van der Waals surface area contributed by atoms with Crippen molar-refractivity contribution < 1.29 is 21.6 Å². The molecule has 6 heteroatoms. The van der Waals surface area contributed by atoms with Crippen LogP contribution >= 0.6 is 0 Å². The highest BCUT2D eigenvalue weighted by molar-refractivity contribution is 7.90. The van der Waals surface area contributed by atoms with E-state index in [0.717, 1.165) is 18.4 Å². The van der Waals surface area contributed by atoms with Gasteiger partial charge in [-0.25, -0.2) is 8.42 Å². The van der Waals surface area contributed by atoms with Gasteiger partial charge in [0.1, 0.15) is 0 Å². The molecular formula is C9H8F3O2S. The summed E-state index contributed by atoms with van der Waals surface area (Å²) in [5.74, 6) is 0. The van der Waals surface area contributed by atoms with Crippen LogP contribution in [0.15, 0.2) is 23.1 Å². The van der Waals surface area contributed by atoms with Gasteiger partial charge >= 0.3 is 6.18 Å². The molecule has 0 amide bonds. The number of hydrogen-bond acceptors (Lipinski definition) is 2. The number of rotatable bonds is 1. The van der Waals surface area contributed by atoms with Crippen LogP contribution in [0.2, 0.25) is 0 Å². The second-order valence-electron chi connectivity index (χ2n) is 3.10. The highest BCUT2D eigenvalue weighted by atomic mass is 32.2. The average Bonchev–Trinajstić information content (AvgIpc) is 2.00. The Morgan fingerprint density at radius 3 is 2.20 bits per heavy atom. The first-order chi connectivity index (χ1) is 6.62. The second-order valence-corrected chi connectivity index (χ2v) is 5.08. The van der Waals surface area contributed by atoms with Crippen molar-refractivity contribution in [3.63, 3.8) is 0 Å². The van der Waals surface area contributed by atoms with Crippen molar-refractivity contribution >= 4 is 9.84 Å². The van der Waals surface area contributed by atoms with Gasteiger partial charge in [0, 0.05) is 6.26 Å². The first kappa shape index (κ1) is 12.0. The fourth-order valence-corrected chi connectivity index (χ4v) is 2.01. The quantitative estimate of drug-likeness (QED) is 0.751. The van der Waals surface area contributed by atoms with Crippen molar-refractivity contribution in [2.24, 2.45) is 0 Å². The summed E-state index contributed by atoms with van der Waals surface area (Å²) in [5, 5.41) is 0. The summed E-state index contributed by atoms with van der Waals surface area (Å²) in [6.07, 6.45) is -3.95. The number of hydrogen-bond donors (Lipinski definition) is 0. The highest BCUT2D eigenvalue weighted by Crippen LogP contribution is 2.34. The maximum absolute atomic E-state index is 12.5. The highest BCUT2D eigenvalue weighted by Gasteiger charge is 2.35. The van der Waals surface area contributed by atoms with Crippen LogP contribution in [-0.2, 0) is 16.0 Å². The van der Waals surface area contributed by atoms with Gasteiger partial charge < -0.3 is 0 Å². The number of benzene rings is 1. The van der Waals surface area contributed by atoms with Crippen molar-refractivity contribution in [3.8, 4) is 0 Å². The predicted molar refractivity (Wildman–Crippen MR) is 49.0 cm³/mol. The first-order valence-corrected chi connectivity index (χ1v) is 5.75. The van der Waals surface area contributed by atoms with E-state index in [1.807, 2.05) is 0 Å². The van der Waals surface area contributed by atoms with Crippen molar-refractivity contribution in [3.05, 3.63) is 36.2 Å². The van der Waals surface area contributed by atoms with Gasteiger partial charge in [-0.3, -0.25) is 0 Å². The molecule has 0 spiro atoms. The van der Waals surface area contributed by atoms with E-state index in [1.54, 1.807) is 0 Å². The number of alkyl halides is 3. The van der Waals surface area contributed by atoms with E-state index in [0.29, 0.717) is 0 Å². The Bertz CT molecular complexity index is 475. The maximum Gasteiger partial charge on any atom is 0.417 e. The molecule has 1 radical (unpaired) electrons. The summed E-state index contributed by atoms with van der Waals surface area (Å²) in [7, 11) is -3.88. The first-order valence-electron chi connectivity index (χ1n) is 3.85. The number of halogens is 3. The Kier molecular flexibility index (Phi) is 2.82. The third kappa shape index (κ3) is 2.71. The Morgan fingerprint density at radius 1 is 1.27 bits per heavy atom. The van der Waals surface area contributed by atoms with Gasteiger partial charge in [-0.15, -0.1) is 0 Å². The molecule has 0 aromatic heterocycles. The average molecular weight is 237 g/mol. The minimum absolute atomic E-state index is 0.120. The molecule has 0 atom stereocenters. The van der Waals surface area contributed by atoms with Crippen LogP contribution in [0.3, 0.4) is 0 Å². The van der Waals surface area contributed by atoms with E-state index in [-0.39, 0.29) is 5.56 Å². The van der Waals surface area contributed by atoms with Crippen LogP contribution in [0.1, 0.15) is 11.1 Å². The molecule has 0 aliphatic rings. The molecule has 0 saturated heterocycles. The van der Waals surface area contributed by atoms with Crippen LogP contribution in [-0.4, -0.2) is 14.7 Å². The van der Waals surface area contributed by atoms with Gasteiger partial charge in [0.15, 0.2) is 9.84 Å². The second kappa shape index (κ2) is 3.52. The fraction of sp³-hybridized carbons (Fsp3) is 0.222. The van der Waals surface area contributed by atoms with Crippen molar-refractivity contribution in [2.45, 2.75) is 11.1 Å². The zero-order chi connectivity index (χ0) is 11.9. The molecule has 83 valence electrons. The van der Waals surface area contributed by atoms with Gasteiger partial charge in [0.2, 0.25) is 0 Å². The topological polar surface area (TPSA) is 34.1 Å². The molecule has 0 unspecified atom stereocenters. The van der Waals surface area contributed by atoms with Crippen LogP contribution in [0.4, 0.5) is 13.2 Å². The maximum atomic E-state index is 12.5. The van der Waals surface area contributed by atoms with E-state index in [4.69, 9.17) is 0 Å². The minimum atomic E-state index is -4.69. The molecule has 0 saturated carbocycles. The van der Waals surface area contributed by atoms with Gasteiger partial charge in [0.25, 0.3) is 0 Å². The van der Waals surface area contributed by atoms with E-state index in [9.17, 15) is 21.6 Å². The molecule has 0 fully saturated rings.